The first-order valence-corrected chi connectivity index (χ1v) is 10.7. The molecule has 0 N–H and O–H groups in total. The third-order valence-corrected chi connectivity index (χ3v) is 5.23. The normalized spacial score (nSPS) is 11.0. The molecule has 0 aliphatic heterocycles. The second-order valence-corrected chi connectivity index (χ2v) is 8.38. The Morgan fingerprint density at radius 3 is 2.50 bits per heavy atom. The molecule has 0 amide bonds. The molecule has 0 unspecified atom stereocenters. The molecule has 154 valence electrons. The van der Waals surface area contributed by atoms with Crippen molar-refractivity contribution in [3.8, 4) is 23.3 Å². The lowest BCUT2D eigenvalue weighted by Gasteiger charge is -2.13. The molecule has 0 heterocycles. The molecular formula is C21H14Cl2FNO4S. The molecule has 30 heavy (non-hydrogen) atoms. The Morgan fingerprint density at radius 1 is 0.967 bits per heavy atom. The van der Waals surface area contributed by atoms with Crippen molar-refractivity contribution in [3.63, 3.8) is 0 Å². The summed E-state index contributed by atoms with van der Waals surface area (Å²) in [5.41, 5.74) is 0.934. The van der Waals surface area contributed by atoms with Gasteiger partial charge in [-0.05, 0) is 48.0 Å². The average Bonchev–Trinajstić information content (AvgIpc) is 2.69. The standard InChI is InChI=1S/C21H14Cl2FNO4S/c22-16-4-5-20(29-18-9-15(13-25)8-17(23)11-18)21(12-16)28-7-6-14-2-1-3-19(10-14)30(24,26)27/h1-5,8-12H,6-7H2. The first-order valence-electron chi connectivity index (χ1n) is 8.59. The van der Waals surface area contributed by atoms with Gasteiger partial charge in [0.25, 0.3) is 0 Å². The first-order chi connectivity index (χ1) is 14.2. The summed E-state index contributed by atoms with van der Waals surface area (Å²) in [6.45, 7) is 0.158. The minimum Gasteiger partial charge on any atom is -0.489 e. The molecule has 0 aliphatic carbocycles. The van der Waals surface area contributed by atoms with E-state index in [-0.39, 0.29) is 6.61 Å². The maximum Gasteiger partial charge on any atom is 0.332 e. The predicted molar refractivity (Wildman–Crippen MR) is 112 cm³/mol. The summed E-state index contributed by atoms with van der Waals surface area (Å²) in [5, 5.41) is 9.84. The molecule has 0 aliphatic rings. The molecule has 0 bridgehead atoms. The second-order valence-electron chi connectivity index (χ2n) is 6.16. The van der Waals surface area contributed by atoms with E-state index in [9.17, 15) is 12.3 Å². The van der Waals surface area contributed by atoms with Crippen LogP contribution in [0.1, 0.15) is 11.1 Å². The highest BCUT2D eigenvalue weighted by Gasteiger charge is 2.13. The van der Waals surface area contributed by atoms with E-state index in [0.717, 1.165) is 0 Å². The van der Waals surface area contributed by atoms with Crippen LogP contribution in [0.5, 0.6) is 17.2 Å². The Kier molecular flexibility index (Phi) is 6.83. The lowest BCUT2D eigenvalue weighted by atomic mass is 10.2. The molecule has 3 aromatic rings. The molecular weight excluding hydrogens is 452 g/mol. The SMILES string of the molecule is N#Cc1cc(Cl)cc(Oc2ccc(Cl)cc2OCCc2cccc(S(=O)(=O)F)c2)c1. The van der Waals surface area contributed by atoms with Crippen LogP contribution in [-0.4, -0.2) is 15.0 Å². The highest BCUT2D eigenvalue weighted by atomic mass is 35.5. The van der Waals surface area contributed by atoms with E-state index in [4.69, 9.17) is 37.9 Å². The average molecular weight is 466 g/mol. The summed E-state index contributed by atoms with van der Waals surface area (Å²) in [6.07, 6.45) is 0.324. The molecule has 0 radical (unpaired) electrons. The molecule has 0 spiro atoms. The number of hydrogen-bond donors (Lipinski definition) is 0. The van der Waals surface area contributed by atoms with Crippen molar-refractivity contribution in [2.24, 2.45) is 0 Å². The number of hydrogen-bond acceptors (Lipinski definition) is 5. The minimum atomic E-state index is -4.77. The molecule has 0 fully saturated rings. The summed E-state index contributed by atoms with van der Waals surface area (Å²) < 4.78 is 46.8. The third kappa shape index (κ3) is 5.86. The summed E-state index contributed by atoms with van der Waals surface area (Å²) in [4.78, 5) is -0.402. The zero-order chi connectivity index (χ0) is 21.7. The fraction of sp³-hybridized carbons (Fsp3) is 0.0952. The molecule has 9 heteroatoms. The molecule has 0 aromatic heterocycles. The van der Waals surface area contributed by atoms with Crippen LogP contribution in [0.15, 0.2) is 65.6 Å². The van der Waals surface area contributed by atoms with Crippen molar-refractivity contribution >= 4 is 33.4 Å². The lowest BCUT2D eigenvalue weighted by Crippen LogP contribution is -2.03. The van der Waals surface area contributed by atoms with Crippen molar-refractivity contribution in [2.75, 3.05) is 6.61 Å². The Hall–Kier alpha value is -2.79. The Morgan fingerprint density at radius 2 is 1.77 bits per heavy atom. The van der Waals surface area contributed by atoms with Gasteiger partial charge in [-0.15, -0.1) is 3.89 Å². The van der Waals surface area contributed by atoms with E-state index in [1.165, 1.54) is 30.3 Å². The van der Waals surface area contributed by atoms with E-state index >= 15 is 0 Å². The zero-order valence-electron chi connectivity index (χ0n) is 15.3. The van der Waals surface area contributed by atoms with Gasteiger partial charge in [-0.1, -0.05) is 35.3 Å². The fourth-order valence-electron chi connectivity index (χ4n) is 2.62. The number of ether oxygens (including phenoxy) is 2. The largest absolute Gasteiger partial charge is 0.489 e. The van der Waals surface area contributed by atoms with E-state index in [1.807, 2.05) is 6.07 Å². The van der Waals surface area contributed by atoms with Crippen molar-refractivity contribution in [2.45, 2.75) is 11.3 Å². The maximum atomic E-state index is 13.2. The van der Waals surface area contributed by atoms with Crippen LogP contribution in [0, 0.1) is 11.3 Å². The van der Waals surface area contributed by atoms with Crippen LogP contribution in [0.3, 0.4) is 0 Å². The van der Waals surface area contributed by atoms with E-state index < -0.39 is 15.1 Å². The van der Waals surface area contributed by atoms with Gasteiger partial charge in [-0.2, -0.15) is 13.7 Å². The Balaban J connectivity index is 1.75. The number of halogens is 3. The van der Waals surface area contributed by atoms with Gasteiger partial charge < -0.3 is 9.47 Å². The van der Waals surface area contributed by atoms with Gasteiger partial charge in [0.05, 0.1) is 23.1 Å². The van der Waals surface area contributed by atoms with Gasteiger partial charge in [0.2, 0.25) is 0 Å². The van der Waals surface area contributed by atoms with Crippen molar-refractivity contribution < 1.29 is 21.8 Å². The zero-order valence-corrected chi connectivity index (χ0v) is 17.6. The second kappa shape index (κ2) is 9.35. The van der Waals surface area contributed by atoms with Crippen LogP contribution in [0.2, 0.25) is 10.0 Å². The van der Waals surface area contributed by atoms with Gasteiger partial charge in [0.1, 0.15) is 5.75 Å². The van der Waals surface area contributed by atoms with Gasteiger partial charge in [-0.3, -0.25) is 0 Å². The lowest BCUT2D eigenvalue weighted by molar-refractivity contribution is 0.306. The summed E-state index contributed by atoms with van der Waals surface area (Å²) >= 11 is 12.1. The van der Waals surface area contributed by atoms with E-state index in [2.05, 4.69) is 0 Å². The molecule has 0 atom stereocenters. The van der Waals surface area contributed by atoms with Gasteiger partial charge in [-0.25, -0.2) is 0 Å². The number of benzene rings is 3. The van der Waals surface area contributed by atoms with Crippen molar-refractivity contribution in [1.29, 1.82) is 5.26 Å². The van der Waals surface area contributed by atoms with Crippen LogP contribution in [-0.2, 0) is 16.6 Å². The maximum absolute atomic E-state index is 13.2. The summed E-state index contributed by atoms with van der Waals surface area (Å²) in [7, 11) is -4.77. The smallest absolute Gasteiger partial charge is 0.332 e. The van der Waals surface area contributed by atoms with Crippen LogP contribution < -0.4 is 9.47 Å². The van der Waals surface area contributed by atoms with Crippen LogP contribution in [0.4, 0.5) is 3.89 Å². The Bertz CT molecular complexity index is 1230. The Labute approximate surface area is 183 Å². The van der Waals surface area contributed by atoms with Crippen molar-refractivity contribution in [1.82, 2.24) is 0 Å². The van der Waals surface area contributed by atoms with Gasteiger partial charge in [0.15, 0.2) is 11.5 Å². The summed E-state index contributed by atoms with van der Waals surface area (Å²) in [5.74, 6) is 1.05. The molecule has 3 rings (SSSR count). The highest BCUT2D eigenvalue weighted by molar-refractivity contribution is 7.86. The highest BCUT2D eigenvalue weighted by Crippen LogP contribution is 2.35. The first kappa shape index (κ1) is 21.9. The number of rotatable bonds is 7. The van der Waals surface area contributed by atoms with E-state index in [1.54, 1.807) is 30.3 Å². The molecule has 3 aromatic carbocycles. The number of nitriles is 1. The van der Waals surface area contributed by atoms with Crippen molar-refractivity contribution in [3.05, 3.63) is 81.8 Å². The third-order valence-electron chi connectivity index (χ3n) is 3.96. The van der Waals surface area contributed by atoms with Gasteiger partial charge >= 0.3 is 10.2 Å². The topological polar surface area (TPSA) is 76.4 Å². The quantitative estimate of drug-likeness (QED) is 0.403. The number of nitrogens with zero attached hydrogens (tertiary/aromatic N) is 1. The summed E-state index contributed by atoms with van der Waals surface area (Å²) in [6, 6.07) is 17.0. The van der Waals surface area contributed by atoms with Gasteiger partial charge in [0, 0.05) is 22.5 Å². The minimum absolute atomic E-state index is 0.158. The van der Waals surface area contributed by atoms with E-state index in [0.29, 0.717) is 44.8 Å². The monoisotopic (exact) mass is 465 g/mol. The molecule has 0 saturated heterocycles. The van der Waals surface area contributed by atoms with Crippen LogP contribution >= 0.6 is 23.2 Å². The fourth-order valence-corrected chi connectivity index (χ4v) is 3.54. The van der Waals surface area contributed by atoms with Crippen LogP contribution in [0.25, 0.3) is 0 Å². The molecule has 0 saturated carbocycles. The predicted octanol–water partition coefficient (Wildman–Crippen LogP) is 5.94. The molecule has 5 nitrogen and oxygen atoms in total.